The highest BCUT2D eigenvalue weighted by Gasteiger charge is 2.48. The lowest BCUT2D eigenvalue weighted by Gasteiger charge is -2.23. The number of ether oxygens (including phenoxy) is 1. The minimum Gasteiger partial charge on any atom is -0.496 e. The van der Waals surface area contributed by atoms with Crippen LogP contribution >= 0.6 is 11.6 Å². The number of hydrogen-bond donors (Lipinski definition) is 0. The van der Waals surface area contributed by atoms with Crippen molar-refractivity contribution in [1.29, 1.82) is 0 Å². The third kappa shape index (κ3) is 2.72. The molecule has 0 aromatic heterocycles. The molecule has 0 atom stereocenters. The highest BCUT2D eigenvalue weighted by atomic mass is 35.5. The predicted octanol–water partition coefficient (Wildman–Crippen LogP) is 1.20. The molecule has 2 aliphatic rings. The molecule has 0 N–H and O–H groups in total. The summed E-state index contributed by atoms with van der Waals surface area (Å²) in [5, 5.41) is 5.28. The molecule has 1 aromatic carbocycles. The second-order valence-corrected chi connectivity index (χ2v) is 6.24. The number of hydrazine groups is 1. The van der Waals surface area contributed by atoms with Crippen molar-refractivity contribution in [3.8, 4) is 5.75 Å². The Labute approximate surface area is 145 Å². The summed E-state index contributed by atoms with van der Waals surface area (Å²) < 4.78 is 5.37. The first-order valence-corrected chi connectivity index (χ1v) is 8.11. The minimum absolute atomic E-state index is 0.235. The van der Waals surface area contributed by atoms with E-state index in [-0.39, 0.29) is 11.8 Å². The highest BCUT2D eigenvalue weighted by molar-refractivity contribution is 6.30. The van der Waals surface area contributed by atoms with E-state index < -0.39 is 5.92 Å². The largest absolute Gasteiger partial charge is 0.496 e. The van der Waals surface area contributed by atoms with Gasteiger partial charge >= 0.3 is 0 Å². The van der Waals surface area contributed by atoms with Crippen LogP contribution in [-0.2, 0) is 14.4 Å². The molecular weight excluding hydrogens is 334 g/mol. The number of hydroxylamine groups is 2. The Morgan fingerprint density at radius 2 is 1.62 bits per heavy atom. The highest BCUT2D eigenvalue weighted by Crippen LogP contribution is 2.38. The van der Waals surface area contributed by atoms with E-state index in [1.807, 2.05) is 6.92 Å². The molecule has 2 fully saturated rings. The number of aryl methyl sites for hydroxylation is 1. The first-order chi connectivity index (χ1) is 11.5. The molecule has 1 aromatic rings. The zero-order valence-electron chi connectivity index (χ0n) is 13.9. The smallest absolute Gasteiger partial charge is 0.258 e. The normalized spacial score (nSPS) is 19.7. The van der Waals surface area contributed by atoms with E-state index in [1.165, 1.54) is 17.1 Å². The van der Waals surface area contributed by atoms with Crippen molar-refractivity contribution >= 4 is 23.4 Å². The van der Waals surface area contributed by atoms with Gasteiger partial charge in [0.25, 0.3) is 11.8 Å². The molecule has 3 rings (SSSR count). The van der Waals surface area contributed by atoms with Gasteiger partial charge in [-0.3, -0.25) is 9.59 Å². The molecule has 2 saturated heterocycles. The van der Waals surface area contributed by atoms with E-state index in [1.54, 1.807) is 24.3 Å². The van der Waals surface area contributed by atoms with Gasteiger partial charge in [-0.2, -0.15) is 5.06 Å². The summed E-state index contributed by atoms with van der Waals surface area (Å²) in [5.41, 5.74) is 1.36. The van der Waals surface area contributed by atoms with E-state index in [0.29, 0.717) is 42.5 Å². The first kappa shape index (κ1) is 17.0. The summed E-state index contributed by atoms with van der Waals surface area (Å²) in [4.78, 5) is 31.0. The maximum absolute atomic E-state index is 12.9. The van der Waals surface area contributed by atoms with Crippen LogP contribution in [0.5, 0.6) is 5.75 Å². The van der Waals surface area contributed by atoms with Gasteiger partial charge in [-0.05, 0) is 24.6 Å². The third-order valence-electron chi connectivity index (χ3n) is 4.50. The Kier molecular flexibility index (Phi) is 4.67. The van der Waals surface area contributed by atoms with Gasteiger partial charge in [0, 0.05) is 23.7 Å². The lowest BCUT2D eigenvalue weighted by atomic mass is 9.93. The molecule has 130 valence electrons. The number of hydrogen-bond acceptors (Lipinski definition) is 5. The van der Waals surface area contributed by atoms with Crippen LogP contribution in [-0.4, -0.2) is 67.3 Å². The van der Waals surface area contributed by atoms with Crippen LogP contribution in [0.4, 0.5) is 0 Å². The second kappa shape index (κ2) is 6.58. The van der Waals surface area contributed by atoms with E-state index in [0.717, 1.165) is 5.56 Å². The number of halogens is 1. The van der Waals surface area contributed by atoms with E-state index in [4.69, 9.17) is 21.2 Å². The minimum atomic E-state index is -0.883. The molecule has 0 aliphatic carbocycles. The molecule has 0 bridgehead atoms. The Hall–Kier alpha value is -1.83. The summed E-state index contributed by atoms with van der Waals surface area (Å²) in [5.74, 6) is -0.890. The summed E-state index contributed by atoms with van der Waals surface area (Å²) in [6.07, 6.45) is 0. The molecule has 2 heterocycles. The molecular formula is C16H20ClN3O4. The molecule has 2 amide bonds. The van der Waals surface area contributed by atoms with Crippen molar-refractivity contribution in [3.63, 3.8) is 0 Å². The summed E-state index contributed by atoms with van der Waals surface area (Å²) in [6.45, 7) is 3.74. The van der Waals surface area contributed by atoms with Crippen molar-refractivity contribution in [2.45, 2.75) is 12.8 Å². The van der Waals surface area contributed by atoms with Gasteiger partial charge in [0.05, 0.1) is 27.3 Å². The average molecular weight is 354 g/mol. The fourth-order valence-corrected chi connectivity index (χ4v) is 3.58. The van der Waals surface area contributed by atoms with Crippen LogP contribution < -0.4 is 4.74 Å². The van der Waals surface area contributed by atoms with Crippen LogP contribution in [0.1, 0.15) is 17.0 Å². The Morgan fingerprint density at radius 3 is 2.12 bits per heavy atom. The first-order valence-electron chi connectivity index (χ1n) is 7.73. The fraction of sp³-hybridized carbons (Fsp3) is 0.500. The van der Waals surface area contributed by atoms with Crippen LogP contribution in [0, 0.1) is 6.92 Å². The zero-order valence-corrected chi connectivity index (χ0v) is 14.7. The van der Waals surface area contributed by atoms with Crippen LogP contribution in [0.25, 0.3) is 0 Å². The Balaban J connectivity index is 1.98. The molecule has 8 heteroatoms. The molecule has 0 radical (unpaired) electrons. The van der Waals surface area contributed by atoms with Crippen molar-refractivity contribution in [1.82, 2.24) is 15.1 Å². The number of benzene rings is 1. The fourth-order valence-electron chi connectivity index (χ4n) is 3.32. The topological polar surface area (TPSA) is 62.3 Å². The van der Waals surface area contributed by atoms with Gasteiger partial charge in [0.1, 0.15) is 11.7 Å². The number of fused-ring (bicyclic) bond motifs is 1. The number of carbonyl (C=O) groups excluding carboxylic acids is 2. The van der Waals surface area contributed by atoms with Gasteiger partial charge in [0.15, 0.2) is 0 Å². The van der Waals surface area contributed by atoms with Gasteiger partial charge < -0.3 is 9.57 Å². The molecule has 7 nitrogen and oxygen atoms in total. The van der Waals surface area contributed by atoms with Gasteiger partial charge in [-0.25, -0.2) is 10.0 Å². The van der Waals surface area contributed by atoms with Crippen LogP contribution in [0.3, 0.4) is 0 Å². The predicted molar refractivity (Wildman–Crippen MR) is 87.5 cm³/mol. The van der Waals surface area contributed by atoms with Crippen molar-refractivity contribution in [3.05, 3.63) is 28.3 Å². The zero-order chi connectivity index (χ0) is 17.4. The standard InChI is InChI=1S/C16H20ClN3O4/c1-10-8-11(17)9-12(23-2)13(10)14-15(21)19-6-4-18(24-3)5-7-20(19)16(14)22/h8-9,14H,4-7H2,1-3H3. The van der Waals surface area contributed by atoms with E-state index in [2.05, 4.69) is 0 Å². The molecule has 2 aliphatic heterocycles. The number of methoxy groups -OCH3 is 1. The van der Waals surface area contributed by atoms with Crippen LogP contribution in [0.2, 0.25) is 5.02 Å². The molecule has 0 spiro atoms. The average Bonchev–Trinajstić information content (AvgIpc) is 2.71. The number of nitrogens with zero attached hydrogens (tertiary/aromatic N) is 3. The summed E-state index contributed by atoms with van der Waals surface area (Å²) in [6, 6.07) is 3.38. The van der Waals surface area contributed by atoms with Crippen molar-refractivity contribution in [2.24, 2.45) is 0 Å². The molecule has 0 unspecified atom stereocenters. The summed E-state index contributed by atoms with van der Waals surface area (Å²) >= 11 is 6.07. The van der Waals surface area contributed by atoms with Crippen molar-refractivity contribution < 1.29 is 19.2 Å². The van der Waals surface area contributed by atoms with Crippen molar-refractivity contribution in [2.75, 3.05) is 40.4 Å². The second-order valence-electron chi connectivity index (χ2n) is 5.81. The maximum atomic E-state index is 12.9. The van der Waals surface area contributed by atoms with E-state index in [9.17, 15) is 9.59 Å². The lowest BCUT2D eigenvalue weighted by Crippen LogP contribution is -2.41. The lowest BCUT2D eigenvalue weighted by molar-refractivity contribution is -0.145. The number of rotatable bonds is 3. The molecule has 24 heavy (non-hydrogen) atoms. The maximum Gasteiger partial charge on any atom is 0.258 e. The van der Waals surface area contributed by atoms with E-state index >= 15 is 0 Å². The Morgan fingerprint density at radius 1 is 1.04 bits per heavy atom. The number of carbonyl (C=O) groups is 2. The van der Waals surface area contributed by atoms with Gasteiger partial charge in [-0.15, -0.1) is 0 Å². The molecule has 0 saturated carbocycles. The quantitative estimate of drug-likeness (QED) is 0.764. The number of amides is 2. The third-order valence-corrected chi connectivity index (χ3v) is 4.72. The Bertz CT molecular complexity index is 656. The monoisotopic (exact) mass is 353 g/mol. The van der Waals surface area contributed by atoms with Crippen LogP contribution in [0.15, 0.2) is 12.1 Å². The van der Waals surface area contributed by atoms with Gasteiger partial charge in [0.2, 0.25) is 0 Å². The SMILES string of the molecule is COc1cc(Cl)cc(C)c1C1C(=O)N2CCN(OC)CCN2C1=O. The summed E-state index contributed by atoms with van der Waals surface area (Å²) in [7, 11) is 3.09. The van der Waals surface area contributed by atoms with Gasteiger partial charge in [-0.1, -0.05) is 11.6 Å².